The average Bonchev–Trinajstić information content (AvgIpc) is 2.74. The number of aromatic hydroxyl groups is 1. The fraction of sp³-hybridized carbons (Fsp3) is 0.133. The van der Waals surface area contributed by atoms with Gasteiger partial charge in [0.1, 0.15) is 11.5 Å². The summed E-state index contributed by atoms with van der Waals surface area (Å²) in [6.07, 6.45) is 0. The van der Waals surface area contributed by atoms with Gasteiger partial charge in [-0.2, -0.15) is 0 Å². The summed E-state index contributed by atoms with van der Waals surface area (Å²) in [5.74, 6) is 0.889. The molecule has 0 aliphatic carbocycles. The highest BCUT2D eigenvalue weighted by Crippen LogP contribution is 2.19. The molecule has 3 rings (SSSR count). The van der Waals surface area contributed by atoms with Crippen LogP contribution in [0.1, 0.15) is 5.56 Å². The standard InChI is InChI=1S/C15H14N2O3/c1-20-12-5-6-14-13(8-12)16-15(19)17(14)9-10-3-2-4-11(18)7-10/h2-8,18H,9H2,1H3,(H,16,19). The zero-order valence-corrected chi connectivity index (χ0v) is 11.0. The van der Waals surface area contributed by atoms with Crippen LogP contribution in [0.25, 0.3) is 11.0 Å². The second kappa shape index (κ2) is 4.77. The number of benzene rings is 2. The van der Waals surface area contributed by atoms with Crippen LogP contribution in [0, 0.1) is 0 Å². The van der Waals surface area contributed by atoms with Crippen LogP contribution in [0.4, 0.5) is 0 Å². The molecule has 0 spiro atoms. The zero-order chi connectivity index (χ0) is 14.1. The molecule has 20 heavy (non-hydrogen) atoms. The van der Waals surface area contributed by atoms with Crippen LogP contribution in [0.15, 0.2) is 47.3 Å². The first-order valence-electron chi connectivity index (χ1n) is 6.22. The number of nitrogens with one attached hydrogen (secondary N) is 1. The molecule has 0 fully saturated rings. The number of hydrogen-bond donors (Lipinski definition) is 2. The summed E-state index contributed by atoms with van der Waals surface area (Å²) in [6, 6.07) is 12.3. The Labute approximate surface area is 115 Å². The molecule has 0 radical (unpaired) electrons. The Morgan fingerprint density at radius 3 is 2.85 bits per heavy atom. The van der Waals surface area contributed by atoms with Crippen molar-refractivity contribution in [3.63, 3.8) is 0 Å². The second-order valence-corrected chi connectivity index (χ2v) is 4.57. The summed E-state index contributed by atoms with van der Waals surface area (Å²) in [4.78, 5) is 14.8. The summed E-state index contributed by atoms with van der Waals surface area (Å²) < 4.78 is 6.77. The van der Waals surface area contributed by atoms with Crippen molar-refractivity contribution >= 4 is 11.0 Å². The van der Waals surface area contributed by atoms with E-state index in [1.54, 1.807) is 35.9 Å². The van der Waals surface area contributed by atoms with E-state index in [0.717, 1.165) is 16.6 Å². The summed E-state index contributed by atoms with van der Waals surface area (Å²) in [5.41, 5.74) is 2.22. The number of aromatic amines is 1. The minimum Gasteiger partial charge on any atom is -0.508 e. The molecule has 3 aromatic rings. The van der Waals surface area contributed by atoms with Gasteiger partial charge in [-0.3, -0.25) is 4.57 Å². The summed E-state index contributed by atoms with van der Waals surface area (Å²) >= 11 is 0. The van der Waals surface area contributed by atoms with E-state index in [1.165, 1.54) is 0 Å². The first-order valence-corrected chi connectivity index (χ1v) is 6.22. The lowest BCUT2D eigenvalue weighted by Crippen LogP contribution is -2.17. The van der Waals surface area contributed by atoms with Crippen LogP contribution in [0.2, 0.25) is 0 Å². The smallest absolute Gasteiger partial charge is 0.326 e. The SMILES string of the molecule is COc1ccc2c(c1)[nH]c(=O)n2Cc1cccc(O)c1. The molecule has 0 bridgehead atoms. The number of ether oxygens (including phenoxy) is 1. The van der Waals surface area contributed by atoms with Crippen molar-refractivity contribution in [2.24, 2.45) is 0 Å². The van der Waals surface area contributed by atoms with E-state index in [2.05, 4.69) is 4.98 Å². The minimum atomic E-state index is -0.184. The molecule has 0 aliphatic rings. The lowest BCUT2D eigenvalue weighted by atomic mass is 10.2. The van der Waals surface area contributed by atoms with Gasteiger partial charge in [0.2, 0.25) is 0 Å². The Balaban J connectivity index is 2.07. The van der Waals surface area contributed by atoms with Crippen LogP contribution < -0.4 is 10.4 Å². The number of aromatic nitrogens is 2. The number of fused-ring (bicyclic) bond motifs is 1. The Bertz CT molecular complexity index is 817. The molecule has 0 aliphatic heterocycles. The fourth-order valence-electron chi connectivity index (χ4n) is 2.26. The highest BCUT2D eigenvalue weighted by Gasteiger charge is 2.08. The lowest BCUT2D eigenvalue weighted by molar-refractivity contribution is 0.415. The van der Waals surface area contributed by atoms with Crippen molar-refractivity contribution in [3.05, 3.63) is 58.5 Å². The van der Waals surface area contributed by atoms with Gasteiger partial charge in [0, 0.05) is 6.07 Å². The number of methoxy groups -OCH3 is 1. The summed E-state index contributed by atoms with van der Waals surface area (Å²) in [6.45, 7) is 0.402. The quantitative estimate of drug-likeness (QED) is 0.765. The van der Waals surface area contributed by atoms with E-state index in [1.807, 2.05) is 18.2 Å². The van der Waals surface area contributed by atoms with Gasteiger partial charge in [-0.25, -0.2) is 4.79 Å². The number of phenols is 1. The molecule has 1 aromatic heterocycles. The zero-order valence-electron chi connectivity index (χ0n) is 11.0. The molecular weight excluding hydrogens is 256 g/mol. The van der Waals surface area contributed by atoms with Crippen LogP contribution in [0.5, 0.6) is 11.5 Å². The van der Waals surface area contributed by atoms with Crippen molar-refractivity contribution in [3.8, 4) is 11.5 Å². The van der Waals surface area contributed by atoms with Crippen LogP contribution in [-0.4, -0.2) is 21.8 Å². The maximum atomic E-state index is 12.0. The van der Waals surface area contributed by atoms with E-state index in [-0.39, 0.29) is 11.4 Å². The highest BCUT2D eigenvalue weighted by molar-refractivity contribution is 5.77. The van der Waals surface area contributed by atoms with E-state index < -0.39 is 0 Å². The van der Waals surface area contributed by atoms with Crippen LogP contribution in [-0.2, 0) is 6.54 Å². The number of H-pyrrole nitrogens is 1. The maximum absolute atomic E-state index is 12.0. The Morgan fingerprint density at radius 1 is 1.25 bits per heavy atom. The van der Waals surface area contributed by atoms with Gasteiger partial charge in [0.15, 0.2) is 0 Å². The first kappa shape index (κ1) is 12.3. The average molecular weight is 270 g/mol. The molecule has 0 amide bonds. The van der Waals surface area contributed by atoms with Gasteiger partial charge in [0.25, 0.3) is 0 Å². The predicted molar refractivity (Wildman–Crippen MR) is 76.3 cm³/mol. The van der Waals surface area contributed by atoms with E-state index >= 15 is 0 Å². The molecule has 5 heteroatoms. The van der Waals surface area contributed by atoms with Gasteiger partial charge in [-0.15, -0.1) is 0 Å². The number of phenolic OH excluding ortho intramolecular Hbond substituents is 1. The Kier molecular flexibility index (Phi) is 2.95. The number of hydrogen-bond acceptors (Lipinski definition) is 3. The van der Waals surface area contributed by atoms with Crippen LogP contribution >= 0.6 is 0 Å². The topological polar surface area (TPSA) is 67.2 Å². The highest BCUT2D eigenvalue weighted by atomic mass is 16.5. The van der Waals surface area contributed by atoms with Gasteiger partial charge in [-0.1, -0.05) is 12.1 Å². The van der Waals surface area contributed by atoms with E-state index in [4.69, 9.17) is 4.74 Å². The third-order valence-corrected chi connectivity index (χ3v) is 3.23. The molecule has 0 unspecified atom stereocenters. The fourth-order valence-corrected chi connectivity index (χ4v) is 2.26. The summed E-state index contributed by atoms with van der Waals surface area (Å²) in [7, 11) is 1.59. The molecular formula is C15H14N2O3. The minimum absolute atomic E-state index is 0.184. The van der Waals surface area contributed by atoms with Gasteiger partial charge < -0.3 is 14.8 Å². The van der Waals surface area contributed by atoms with Crippen molar-refractivity contribution in [1.82, 2.24) is 9.55 Å². The predicted octanol–water partition coefficient (Wildman–Crippen LogP) is 2.09. The van der Waals surface area contributed by atoms with Crippen molar-refractivity contribution in [2.45, 2.75) is 6.54 Å². The van der Waals surface area contributed by atoms with Crippen molar-refractivity contribution in [1.29, 1.82) is 0 Å². The monoisotopic (exact) mass is 270 g/mol. The third-order valence-electron chi connectivity index (χ3n) is 3.23. The van der Waals surface area contributed by atoms with Crippen molar-refractivity contribution in [2.75, 3.05) is 7.11 Å². The number of nitrogens with zero attached hydrogens (tertiary/aromatic N) is 1. The molecule has 2 aromatic carbocycles. The number of imidazole rings is 1. The Hall–Kier alpha value is -2.69. The van der Waals surface area contributed by atoms with E-state index in [9.17, 15) is 9.90 Å². The summed E-state index contributed by atoms with van der Waals surface area (Å²) in [5, 5.41) is 9.48. The van der Waals surface area contributed by atoms with E-state index in [0.29, 0.717) is 12.3 Å². The molecule has 102 valence electrons. The second-order valence-electron chi connectivity index (χ2n) is 4.57. The molecule has 0 saturated carbocycles. The first-order chi connectivity index (χ1) is 9.67. The molecule has 1 heterocycles. The Morgan fingerprint density at radius 2 is 2.10 bits per heavy atom. The molecule has 0 atom stereocenters. The van der Waals surface area contributed by atoms with Crippen LogP contribution in [0.3, 0.4) is 0 Å². The molecule has 2 N–H and O–H groups in total. The maximum Gasteiger partial charge on any atom is 0.326 e. The van der Waals surface area contributed by atoms with Crippen molar-refractivity contribution < 1.29 is 9.84 Å². The van der Waals surface area contributed by atoms with Gasteiger partial charge in [-0.05, 0) is 29.8 Å². The molecule has 0 saturated heterocycles. The lowest BCUT2D eigenvalue weighted by Gasteiger charge is -2.05. The third kappa shape index (κ3) is 2.14. The van der Waals surface area contributed by atoms with Gasteiger partial charge >= 0.3 is 5.69 Å². The molecule has 5 nitrogen and oxygen atoms in total. The van der Waals surface area contributed by atoms with Gasteiger partial charge in [0.05, 0.1) is 24.7 Å². The largest absolute Gasteiger partial charge is 0.508 e. The normalized spacial score (nSPS) is 10.8. The number of rotatable bonds is 3.